The molecule has 0 saturated carbocycles. The largest absolute Gasteiger partial charge is 0.573 e. The van der Waals surface area contributed by atoms with Gasteiger partial charge < -0.3 is 9.64 Å². The van der Waals surface area contributed by atoms with E-state index in [9.17, 15) is 13.2 Å². The molecule has 0 aliphatic heterocycles. The zero-order valence-corrected chi connectivity index (χ0v) is 12.7. The number of nitrogens with zero attached hydrogens (tertiary/aromatic N) is 1. The minimum Gasteiger partial charge on any atom is -0.405 e. The Balaban J connectivity index is 3.29. The highest BCUT2D eigenvalue weighted by Gasteiger charge is 2.39. The lowest BCUT2D eigenvalue weighted by molar-refractivity contribution is -0.275. The van der Waals surface area contributed by atoms with Gasteiger partial charge in [0.2, 0.25) is 0 Å². The number of hydrogen-bond donors (Lipinski definition) is 2. The van der Waals surface area contributed by atoms with Crippen LogP contribution in [-0.2, 0) is 0 Å². The van der Waals surface area contributed by atoms with Crippen molar-refractivity contribution in [3.8, 4) is 5.75 Å². The molecule has 4 nitrogen and oxygen atoms in total. The Labute approximate surface area is 123 Å². The van der Waals surface area contributed by atoms with E-state index in [1.54, 1.807) is 12.1 Å². The van der Waals surface area contributed by atoms with E-state index in [1.165, 1.54) is 12.1 Å². The van der Waals surface area contributed by atoms with Crippen molar-refractivity contribution in [2.24, 2.45) is 5.84 Å². The molecule has 0 aliphatic rings. The van der Waals surface area contributed by atoms with E-state index in [0.29, 0.717) is 12.0 Å². The minimum atomic E-state index is -4.74. The molecular formula is C14H22F3N3O. The molecule has 0 bridgehead atoms. The predicted molar refractivity (Wildman–Crippen MR) is 75.6 cm³/mol. The molecule has 0 amide bonds. The smallest absolute Gasteiger partial charge is 0.405 e. The molecule has 0 fully saturated rings. The van der Waals surface area contributed by atoms with Gasteiger partial charge in [0.1, 0.15) is 5.75 Å². The maximum atomic E-state index is 12.5. The Morgan fingerprint density at radius 2 is 1.86 bits per heavy atom. The molecule has 2 atom stereocenters. The second kappa shape index (κ2) is 6.64. The van der Waals surface area contributed by atoms with Crippen LogP contribution < -0.4 is 16.0 Å². The Morgan fingerprint density at radius 3 is 2.29 bits per heavy atom. The van der Waals surface area contributed by atoms with Gasteiger partial charge in [-0.3, -0.25) is 11.3 Å². The van der Waals surface area contributed by atoms with Gasteiger partial charge in [-0.1, -0.05) is 25.1 Å². The van der Waals surface area contributed by atoms with Crippen molar-refractivity contribution in [2.45, 2.75) is 38.2 Å². The Kier molecular flexibility index (Phi) is 5.61. The van der Waals surface area contributed by atoms with Gasteiger partial charge in [-0.05, 0) is 33.5 Å². The van der Waals surface area contributed by atoms with E-state index in [0.717, 1.165) is 0 Å². The van der Waals surface area contributed by atoms with Crippen molar-refractivity contribution < 1.29 is 17.9 Å². The van der Waals surface area contributed by atoms with Crippen molar-refractivity contribution in [2.75, 3.05) is 14.1 Å². The Hall–Kier alpha value is -1.31. The van der Waals surface area contributed by atoms with Crippen LogP contribution in [0.1, 0.15) is 31.9 Å². The average Bonchev–Trinajstić information content (AvgIpc) is 2.39. The summed E-state index contributed by atoms with van der Waals surface area (Å²) in [5.41, 5.74) is 2.53. The molecule has 7 heteroatoms. The van der Waals surface area contributed by atoms with Gasteiger partial charge in [0.15, 0.2) is 0 Å². The standard InChI is InChI=1S/C14H22F3N3O/c1-5-13(2,20(3)4)12(19-18)10-8-6-7-9-11(10)21-14(15,16)17/h6-9,12,19H,5,18H2,1-4H3. The van der Waals surface area contributed by atoms with Gasteiger partial charge in [0, 0.05) is 11.1 Å². The summed E-state index contributed by atoms with van der Waals surface area (Å²) in [6.45, 7) is 3.89. The lowest BCUT2D eigenvalue weighted by atomic mass is 9.83. The Morgan fingerprint density at radius 1 is 1.29 bits per heavy atom. The van der Waals surface area contributed by atoms with Crippen LogP contribution in [0.25, 0.3) is 0 Å². The van der Waals surface area contributed by atoms with Crippen molar-refractivity contribution >= 4 is 0 Å². The van der Waals surface area contributed by atoms with E-state index in [2.05, 4.69) is 10.2 Å². The monoisotopic (exact) mass is 305 g/mol. The first-order chi connectivity index (χ1) is 9.65. The van der Waals surface area contributed by atoms with Crippen LogP contribution in [0.3, 0.4) is 0 Å². The third-order valence-corrected chi connectivity index (χ3v) is 3.98. The summed E-state index contributed by atoms with van der Waals surface area (Å²) in [5.74, 6) is 5.38. The number of nitrogens with two attached hydrogens (primary N) is 1. The lowest BCUT2D eigenvalue weighted by Crippen LogP contribution is -2.53. The van der Waals surface area contributed by atoms with Gasteiger partial charge in [-0.2, -0.15) is 0 Å². The van der Waals surface area contributed by atoms with E-state index in [-0.39, 0.29) is 5.75 Å². The van der Waals surface area contributed by atoms with Crippen LogP contribution in [0.5, 0.6) is 5.75 Å². The number of hydrazine groups is 1. The number of halogens is 3. The molecular weight excluding hydrogens is 283 g/mol. The fraction of sp³-hybridized carbons (Fsp3) is 0.571. The molecule has 0 heterocycles. The molecule has 2 unspecified atom stereocenters. The summed E-state index contributed by atoms with van der Waals surface area (Å²) in [5, 5.41) is 0. The fourth-order valence-electron chi connectivity index (χ4n) is 2.32. The number of benzene rings is 1. The number of likely N-dealkylation sites (N-methyl/N-ethyl adjacent to an activating group) is 1. The maximum absolute atomic E-state index is 12.5. The number of nitrogens with one attached hydrogen (secondary N) is 1. The molecule has 0 spiro atoms. The van der Waals surface area contributed by atoms with Gasteiger partial charge in [-0.15, -0.1) is 13.2 Å². The molecule has 21 heavy (non-hydrogen) atoms. The molecule has 3 N–H and O–H groups in total. The molecule has 1 aromatic carbocycles. The van der Waals surface area contributed by atoms with Crippen LogP contribution in [0, 0.1) is 0 Å². The number of alkyl halides is 3. The first-order valence-corrected chi connectivity index (χ1v) is 6.64. The summed E-state index contributed by atoms with van der Waals surface area (Å²) in [6, 6.07) is 5.52. The van der Waals surface area contributed by atoms with E-state index < -0.39 is 17.9 Å². The normalized spacial score (nSPS) is 16.6. The lowest BCUT2D eigenvalue weighted by Gasteiger charge is -2.42. The molecule has 0 aromatic heterocycles. The third-order valence-electron chi connectivity index (χ3n) is 3.98. The van der Waals surface area contributed by atoms with Crippen molar-refractivity contribution in [3.05, 3.63) is 29.8 Å². The molecule has 0 radical (unpaired) electrons. The van der Waals surface area contributed by atoms with Crippen molar-refractivity contribution in [3.63, 3.8) is 0 Å². The predicted octanol–water partition coefficient (Wildman–Crippen LogP) is 2.82. The minimum absolute atomic E-state index is 0.241. The second-order valence-electron chi connectivity index (χ2n) is 5.29. The SMILES string of the molecule is CCC(C)(C(NN)c1ccccc1OC(F)(F)F)N(C)C. The van der Waals surface area contributed by atoms with Gasteiger partial charge in [0.25, 0.3) is 0 Å². The summed E-state index contributed by atoms with van der Waals surface area (Å²) in [4.78, 5) is 1.93. The molecule has 120 valence electrons. The highest BCUT2D eigenvalue weighted by molar-refractivity contribution is 5.38. The summed E-state index contributed by atoms with van der Waals surface area (Å²) >= 11 is 0. The van der Waals surface area contributed by atoms with E-state index in [4.69, 9.17) is 5.84 Å². The van der Waals surface area contributed by atoms with Crippen molar-refractivity contribution in [1.82, 2.24) is 10.3 Å². The first kappa shape index (κ1) is 17.7. The quantitative estimate of drug-likeness (QED) is 0.627. The van der Waals surface area contributed by atoms with Gasteiger partial charge in [0.05, 0.1) is 6.04 Å². The average molecular weight is 305 g/mol. The number of ether oxygens (including phenoxy) is 1. The fourth-order valence-corrected chi connectivity index (χ4v) is 2.32. The van der Waals surface area contributed by atoms with Gasteiger partial charge in [-0.25, -0.2) is 0 Å². The zero-order valence-electron chi connectivity index (χ0n) is 12.7. The number of para-hydroxylation sites is 1. The molecule has 0 saturated heterocycles. The van der Waals surface area contributed by atoms with E-state index in [1.807, 2.05) is 32.8 Å². The summed E-state index contributed by atoms with van der Waals surface area (Å²) in [7, 11) is 3.72. The highest BCUT2D eigenvalue weighted by Crippen LogP contribution is 2.38. The van der Waals surface area contributed by atoms with Crippen molar-refractivity contribution in [1.29, 1.82) is 0 Å². The highest BCUT2D eigenvalue weighted by atomic mass is 19.4. The van der Waals surface area contributed by atoms with Crippen LogP contribution in [-0.4, -0.2) is 30.9 Å². The Bertz CT molecular complexity index is 465. The molecule has 1 aromatic rings. The van der Waals surface area contributed by atoms with Crippen LogP contribution in [0.4, 0.5) is 13.2 Å². The summed E-state index contributed by atoms with van der Waals surface area (Å²) in [6.07, 6.45) is -4.05. The van der Waals surface area contributed by atoms with Crippen LogP contribution in [0.2, 0.25) is 0 Å². The third kappa shape index (κ3) is 4.09. The second-order valence-corrected chi connectivity index (χ2v) is 5.29. The van der Waals surface area contributed by atoms with Crippen LogP contribution >= 0.6 is 0 Å². The molecule has 1 rings (SSSR count). The van der Waals surface area contributed by atoms with Crippen LogP contribution in [0.15, 0.2) is 24.3 Å². The maximum Gasteiger partial charge on any atom is 0.573 e. The summed E-state index contributed by atoms with van der Waals surface area (Å²) < 4.78 is 41.7. The molecule has 0 aliphatic carbocycles. The topological polar surface area (TPSA) is 50.5 Å². The first-order valence-electron chi connectivity index (χ1n) is 6.64. The van der Waals surface area contributed by atoms with E-state index >= 15 is 0 Å². The van der Waals surface area contributed by atoms with Gasteiger partial charge >= 0.3 is 6.36 Å². The zero-order chi connectivity index (χ0) is 16.3. The number of rotatable bonds is 6. The number of hydrogen-bond acceptors (Lipinski definition) is 4.